The number of aliphatic carboxylic acids is 1. The molecule has 2 atom stereocenters. The van der Waals surface area contributed by atoms with Crippen LogP contribution < -0.4 is 5.32 Å². The molecule has 0 fully saturated rings. The predicted octanol–water partition coefficient (Wildman–Crippen LogP) is 4.06. The number of hydrogen-bond donors (Lipinski definition) is 3. The third-order valence-corrected chi connectivity index (χ3v) is 4.53. The van der Waals surface area contributed by atoms with Crippen LogP contribution in [0.25, 0.3) is 0 Å². The summed E-state index contributed by atoms with van der Waals surface area (Å²) in [4.78, 5) is 24.3. The van der Waals surface area contributed by atoms with Crippen LogP contribution in [0.3, 0.4) is 0 Å². The first kappa shape index (κ1) is 21.3. The average molecular weight is 403 g/mol. The van der Waals surface area contributed by atoms with Crippen LogP contribution in [0.5, 0.6) is 5.75 Å². The number of carbonyl (C=O) groups excluding carboxylic acids is 1. The number of phenolic OH excluding ortho intramolecular Hbond substituents is 1. The number of methoxy groups -OCH3 is 1. The SMILES string of the molecule is CO[C@@H](/C=C/C(=O)O)[C@@H](OC(=O)Nc1ccc(SC)cc1)c1ccc(O)cc1. The van der Waals surface area contributed by atoms with E-state index in [2.05, 4.69) is 5.32 Å². The lowest BCUT2D eigenvalue weighted by molar-refractivity contribution is -0.131. The van der Waals surface area contributed by atoms with Crippen molar-refractivity contribution in [1.29, 1.82) is 0 Å². The van der Waals surface area contributed by atoms with Crippen molar-refractivity contribution in [3.05, 3.63) is 66.2 Å². The number of aromatic hydroxyl groups is 1. The van der Waals surface area contributed by atoms with Gasteiger partial charge in [0.25, 0.3) is 0 Å². The molecule has 8 heteroatoms. The lowest BCUT2D eigenvalue weighted by Gasteiger charge is -2.24. The van der Waals surface area contributed by atoms with E-state index in [1.54, 1.807) is 36.0 Å². The van der Waals surface area contributed by atoms with Gasteiger partial charge in [-0.05, 0) is 54.3 Å². The van der Waals surface area contributed by atoms with E-state index in [0.29, 0.717) is 11.3 Å². The number of thioether (sulfide) groups is 1. The molecular weight excluding hydrogens is 382 g/mol. The Morgan fingerprint density at radius 2 is 1.75 bits per heavy atom. The minimum absolute atomic E-state index is 0.0517. The van der Waals surface area contributed by atoms with Gasteiger partial charge in [0.15, 0.2) is 6.10 Å². The van der Waals surface area contributed by atoms with Crippen LogP contribution in [0.4, 0.5) is 10.5 Å². The number of carboxylic acid groups (broad SMARTS) is 1. The van der Waals surface area contributed by atoms with Crippen LogP contribution in [0.1, 0.15) is 11.7 Å². The van der Waals surface area contributed by atoms with E-state index >= 15 is 0 Å². The normalized spacial score (nSPS) is 13.1. The van der Waals surface area contributed by atoms with Crippen LogP contribution >= 0.6 is 11.8 Å². The molecule has 0 saturated carbocycles. The van der Waals surface area contributed by atoms with Gasteiger partial charge in [0, 0.05) is 23.8 Å². The Hall–Kier alpha value is -2.97. The first-order valence-electron chi connectivity index (χ1n) is 8.27. The number of phenols is 1. The van der Waals surface area contributed by atoms with E-state index in [1.807, 2.05) is 18.4 Å². The molecule has 28 heavy (non-hydrogen) atoms. The standard InChI is InChI=1S/C20H21NO6S/c1-26-17(11-12-18(23)24)19(13-3-7-15(22)8-4-13)27-20(25)21-14-5-9-16(28-2)10-6-14/h3-12,17,19,22H,1-2H3,(H,21,25)(H,23,24)/b12-11+/t17-,19-/m0/s1. The molecule has 0 aliphatic heterocycles. The molecule has 2 aromatic carbocycles. The Kier molecular flexibility index (Phi) is 7.91. The highest BCUT2D eigenvalue weighted by Gasteiger charge is 2.26. The third kappa shape index (κ3) is 6.33. The Labute approximate surface area is 167 Å². The second-order valence-electron chi connectivity index (χ2n) is 5.67. The summed E-state index contributed by atoms with van der Waals surface area (Å²) in [6.07, 6.45) is 1.68. The summed E-state index contributed by atoms with van der Waals surface area (Å²) in [5.41, 5.74) is 1.09. The summed E-state index contributed by atoms with van der Waals surface area (Å²) in [6, 6.07) is 13.3. The Morgan fingerprint density at radius 1 is 1.11 bits per heavy atom. The minimum atomic E-state index is -1.15. The maximum atomic E-state index is 12.4. The molecule has 2 rings (SSSR count). The van der Waals surface area contributed by atoms with E-state index in [1.165, 1.54) is 25.3 Å². The van der Waals surface area contributed by atoms with Crippen molar-refractivity contribution in [2.24, 2.45) is 0 Å². The van der Waals surface area contributed by atoms with Gasteiger partial charge in [0.2, 0.25) is 0 Å². The van der Waals surface area contributed by atoms with Crippen molar-refractivity contribution >= 4 is 29.5 Å². The van der Waals surface area contributed by atoms with Crippen molar-refractivity contribution in [2.45, 2.75) is 17.1 Å². The van der Waals surface area contributed by atoms with E-state index in [9.17, 15) is 14.7 Å². The highest BCUT2D eigenvalue weighted by Crippen LogP contribution is 2.27. The van der Waals surface area contributed by atoms with Gasteiger partial charge in [-0.2, -0.15) is 0 Å². The third-order valence-electron chi connectivity index (χ3n) is 3.79. The van der Waals surface area contributed by atoms with Gasteiger partial charge in [0.1, 0.15) is 11.9 Å². The van der Waals surface area contributed by atoms with Crippen molar-refractivity contribution in [1.82, 2.24) is 0 Å². The van der Waals surface area contributed by atoms with Gasteiger partial charge >= 0.3 is 12.1 Å². The second kappa shape index (κ2) is 10.4. The van der Waals surface area contributed by atoms with Gasteiger partial charge in [0.05, 0.1) is 0 Å². The molecule has 0 saturated heterocycles. The van der Waals surface area contributed by atoms with Gasteiger partial charge in [-0.3, -0.25) is 5.32 Å². The summed E-state index contributed by atoms with van der Waals surface area (Å²) < 4.78 is 10.8. The monoisotopic (exact) mass is 403 g/mol. The summed E-state index contributed by atoms with van der Waals surface area (Å²) in [6.45, 7) is 0. The van der Waals surface area contributed by atoms with Crippen molar-refractivity contribution in [2.75, 3.05) is 18.7 Å². The van der Waals surface area contributed by atoms with Gasteiger partial charge in [-0.15, -0.1) is 11.8 Å². The second-order valence-corrected chi connectivity index (χ2v) is 6.55. The fraction of sp³-hybridized carbons (Fsp3) is 0.200. The Morgan fingerprint density at radius 3 is 2.29 bits per heavy atom. The zero-order chi connectivity index (χ0) is 20.5. The van der Waals surface area contributed by atoms with Gasteiger partial charge < -0.3 is 19.7 Å². The molecule has 0 aliphatic rings. The van der Waals surface area contributed by atoms with Crippen LogP contribution in [0, 0.1) is 0 Å². The van der Waals surface area contributed by atoms with Gasteiger partial charge in [-0.1, -0.05) is 12.1 Å². The highest BCUT2D eigenvalue weighted by atomic mass is 32.2. The van der Waals surface area contributed by atoms with Crippen molar-refractivity contribution in [3.8, 4) is 5.75 Å². The molecule has 3 N–H and O–H groups in total. The summed E-state index contributed by atoms with van der Waals surface area (Å²) in [5, 5.41) is 21.0. The van der Waals surface area contributed by atoms with Crippen LogP contribution in [0.2, 0.25) is 0 Å². The Balaban J connectivity index is 2.20. The molecule has 0 unspecified atom stereocenters. The van der Waals surface area contributed by atoms with E-state index in [-0.39, 0.29) is 5.75 Å². The molecule has 7 nitrogen and oxygen atoms in total. The first-order valence-corrected chi connectivity index (χ1v) is 9.50. The Bertz CT molecular complexity index is 820. The predicted molar refractivity (Wildman–Crippen MR) is 107 cm³/mol. The average Bonchev–Trinajstić information content (AvgIpc) is 2.68. The number of carbonyl (C=O) groups is 2. The fourth-order valence-corrected chi connectivity index (χ4v) is 2.81. The molecule has 148 valence electrons. The topological polar surface area (TPSA) is 105 Å². The summed E-state index contributed by atoms with van der Waals surface area (Å²) >= 11 is 1.58. The minimum Gasteiger partial charge on any atom is -0.508 e. The number of ether oxygens (including phenoxy) is 2. The molecule has 0 bridgehead atoms. The lowest BCUT2D eigenvalue weighted by atomic mass is 10.0. The number of benzene rings is 2. The first-order chi connectivity index (χ1) is 13.4. The maximum Gasteiger partial charge on any atom is 0.412 e. The van der Waals surface area contributed by atoms with E-state index in [0.717, 1.165) is 11.0 Å². The zero-order valence-corrected chi connectivity index (χ0v) is 16.2. The lowest BCUT2D eigenvalue weighted by Crippen LogP contribution is -2.27. The van der Waals surface area contributed by atoms with Crippen LogP contribution in [0.15, 0.2) is 65.6 Å². The maximum absolute atomic E-state index is 12.4. The number of anilines is 1. The van der Waals surface area contributed by atoms with Crippen LogP contribution in [-0.4, -0.2) is 41.7 Å². The molecule has 0 spiro atoms. The number of hydrogen-bond acceptors (Lipinski definition) is 6. The molecule has 0 aromatic heterocycles. The number of carboxylic acids is 1. The van der Waals surface area contributed by atoms with Crippen LogP contribution in [-0.2, 0) is 14.3 Å². The molecule has 2 aromatic rings. The quantitative estimate of drug-likeness (QED) is 0.451. The largest absolute Gasteiger partial charge is 0.508 e. The van der Waals surface area contributed by atoms with Crippen molar-refractivity contribution in [3.63, 3.8) is 0 Å². The number of nitrogens with one attached hydrogen (secondary N) is 1. The fourth-order valence-electron chi connectivity index (χ4n) is 2.41. The molecule has 0 radical (unpaired) electrons. The van der Waals surface area contributed by atoms with Gasteiger partial charge in [-0.25, -0.2) is 9.59 Å². The smallest absolute Gasteiger partial charge is 0.412 e. The van der Waals surface area contributed by atoms with Crippen molar-refractivity contribution < 1.29 is 29.3 Å². The number of rotatable bonds is 8. The molecule has 0 heterocycles. The zero-order valence-electron chi connectivity index (χ0n) is 15.4. The highest BCUT2D eigenvalue weighted by molar-refractivity contribution is 7.98. The summed E-state index contributed by atoms with van der Waals surface area (Å²) in [5.74, 6) is -1.10. The number of amides is 1. The molecule has 1 amide bonds. The molecular formula is C20H21NO6S. The van der Waals surface area contributed by atoms with E-state index in [4.69, 9.17) is 14.6 Å². The van der Waals surface area contributed by atoms with E-state index < -0.39 is 24.3 Å². The summed E-state index contributed by atoms with van der Waals surface area (Å²) in [7, 11) is 1.38. The molecule has 0 aliphatic carbocycles.